The first-order valence-electron chi connectivity index (χ1n) is 10.8. The van der Waals surface area contributed by atoms with E-state index in [2.05, 4.69) is 34.3 Å². The maximum Gasteiger partial charge on any atom is 0.286 e. The molecule has 8 nitrogen and oxygen atoms in total. The second kappa shape index (κ2) is 9.84. The van der Waals surface area contributed by atoms with Gasteiger partial charge in [0.2, 0.25) is 11.6 Å². The van der Waals surface area contributed by atoms with Crippen molar-refractivity contribution in [2.75, 3.05) is 31.1 Å². The lowest BCUT2D eigenvalue weighted by Crippen LogP contribution is -2.39. The molecule has 3 rings (SSSR count). The molecule has 2 heterocycles. The minimum absolute atomic E-state index is 0.0310. The highest BCUT2D eigenvalue weighted by Crippen LogP contribution is 2.26. The molecule has 162 valence electrons. The van der Waals surface area contributed by atoms with Crippen LogP contribution in [0.25, 0.3) is 0 Å². The van der Waals surface area contributed by atoms with Gasteiger partial charge in [-0.2, -0.15) is 0 Å². The first-order valence-corrected chi connectivity index (χ1v) is 10.8. The van der Waals surface area contributed by atoms with Crippen molar-refractivity contribution < 1.29 is 4.79 Å². The van der Waals surface area contributed by atoms with Crippen LogP contribution in [0.3, 0.4) is 0 Å². The number of nitrogens with zero attached hydrogens (tertiary/aromatic N) is 5. The van der Waals surface area contributed by atoms with Crippen molar-refractivity contribution in [2.45, 2.75) is 53.1 Å². The summed E-state index contributed by atoms with van der Waals surface area (Å²) < 4.78 is 1.53. The fraction of sp³-hybridized carbons (Fsp3) is 0.545. The number of carbonyl (C=O) groups excluding carboxylic acids is 1. The SMILES string of the molecule is CCN(CC)CCC[C@@H](C)NC(=O)c1nnc2n(c1=O)CCN2c1ccc(C)cc1. The Labute approximate surface area is 177 Å². The van der Waals surface area contributed by atoms with Gasteiger partial charge >= 0.3 is 0 Å². The summed E-state index contributed by atoms with van der Waals surface area (Å²) in [7, 11) is 0. The summed E-state index contributed by atoms with van der Waals surface area (Å²) in [5.74, 6) is 0.0274. The van der Waals surface area contributed by atoms with Gasteiger partial charge in [-0.3, -0.25) is 14.2 Å². The van der Waals surface area contributed by atoms with Crippen LogP contribution in [0.5, 0.6) is 0 Å². The third-order valence-electron chi connectivity index (χ3n) is 5.66. The van der Waals surface area contributed by atoms with Gasteiger partial charge in [0, 0.05) is 24.8 Å². The zero-order valence-electron chi connectivity index (χ0n) is 18.4. The second-order valence-corrected chi connectivity index (χ2v) is 7.84. The number of carbonyl (C=O) groups is 1. The number of aromatic nitrogens is 3. The monoisotopic (exact) mass is 412 g/mol. The maximum absolute atomic E-state index is 12.9. The quantitative estimate of drug-likeness (QED) is 0.681. The molecular weight excluding hydrogens is 380 g/mol. The first kappa shape index (κ1) is 22.0. The van der Waals surface area contributed by atoms with Crippen molar-refractivity contribution in [3.05, 3.63) is 45.9 Å². The molecule has 1 aliphatic rings. The highest BCUT2D eigenvalue weighted by molar-refractivity contribution is 5.92. The van der Waals surface area contributed by atoms with Gasteiger partial charge in [0.15, 0.2) is 0 Å². The molecule has 30 heavy (non-hydrogen) atoms. The highest BCUT2D eigenvalue weighted by Gasteiger charge is 2.27. The van der Waals surface area contributed by atoms with Gasteiger partial charge < -0.3 is 15.1 Å². The zero-order chi connectivity index (χ0) is 21.7. The average Bonchev–Trinajstić information content (AvgIpc) is 3.17. The second-order valence-electron chi connectivity index (χ2n) is 7.84. The molecule has 0 saturated heterocycles. The molecule has 1 atom stereocenters. The van der Waals surface area contributed by atoms with E-state index in [0.29, 0.717) is 19.0 Å². The number of aryl methyl sites for hydroxylation is 1. The van der Waals surface area contributed by atoms with E-state index in [9.17, 15) is 9.59 Å². The van der Waals surface area contributed by atoms with Crippen LogP contribution < -0.4 is 15.8 Å². The molecule has 0 spiro atoms. The van der Waals surface area contributed by atoms with Crippen molar-refractivity contribution >= 4 is 17.5 Å². The summed E-state index contributed by atoms with van der Waals surface area (Å²) in [6, 6.07) is 8.01. The molecule has 0 unspecified atom stereocenters. The summed E-state index contributed by atoms with van der Waals surface area (Å²) in [4.78, 5) is 29.8. The maximum atomic E-state index is 12.9. The molecule has 1 amide bonds. The Kier molecular flexibility index (Phi) is 7.20. The van der Waals surface area contributed by atoms with Crippen molar-refractivity contribution in [3.8, 4) is 0 Å². The number of hydrogen-bond donors (Lipinski definition) is 1. The molecule has 1 aliphatic heterocycles. The van der Waals surface area contributed by atoms with E-state index in [0.717, 1.165) is 38.2 Å². The van der Waals surface area contributed by atoms with E-state index in [1.807, 2.05) is 43.0 Å². The molecule has 1 aromatic heterocycles. The number of fused-ring (bicyclic) bond motifs is 1. The largest absolute Gasteiger partial charge is 0.348 e. The molecular formula is C22H32N6O2. The van der Waals surface area contributed by atoms with Crippen molar-refractivity contribution in [2.24, 2.45) is 0 Å². The van der Waals surface area contributed by atoms with Gasteiger partial charge in [0.1, 0.15) is 0 Å². The Hall–Kier alpha value is -2.74. The number of hydrogen-bond acceptors (Lipinski definition) is 6. The zero-order valence-corrected chi connectivity index (χ0v) is 18.4. The normalized spacial score (nSPS) is 14.1. The van der Waals surface area contributed by atoms with Crippen LogP contribution in [-0.4, -0.2) is 57.8 Å². The van der Waals surface area contributed by atoms with Crippen molar-refractivity contribution in [3.63, 3.8) is 0 Å². The molecule has 0 aliphatic carbocycles. The molecule has 0 saturated carbocycles. The average molecular weight is 413 g/mol. The molecule has 0 fully saturated rings. The van der Waals surface area contributed by atoms with Crippen LogP contribution in [0.1, 0.15) is 49.7 Å². The van der Waals surface area contributed by atoms with Crippen molar-refractivity contribution in [1.29, 1.82) is 0 Å². The summed E-state index contributed by atoms with van der Waals surface area (Å²) in [6.07, 6.45) is 1.84. The Bertz CT molecular complexity index is 920. The van der Waals surface area contributed by atoms with E-state index in [4.69, 9.17) is 0 Å². The lowest BCUT2D eigenvalue weighted by atomic mass is 10.1. The van der Waals surface area contributed by atoms with Crippen molar-refractivity contribution in [1.82, 2.24) is 25.0 Å². The van der Waals surface area contributed by atoms with Crippen LogP contribution in [-0.2, 0) is 6.54 Å². The first-order chi connectivity index (χ1) is 14.4. The third kappa shape index (κ3) is 4.87. The standard InChI is InChI=1S/C22H32N6O2/c1-5-26(6-2)13-7-8-17(4)23-20(29)19-21(30)28-15-14-27(22(28)25-24-19)18-11-9-16(3)10-12-18/h9-12,17H,5-8,13-15H2,1-4H3,(H,23,29)/t17-/m1/s1. The molecule has 0 radical (unpaired) electrons. The number of rotatable bonds is 9. The fourth-order valence-electron chi connectivity index (χ4n) is 3.75. The van der Waals surface area contributed by atoms with E-state index in [1.54, 1.807) is 0 Å². The van der Waals surface area contributed by atoms with Gasteiger partial charge in [-0.05, 0) is 58.5 Å². The highest BCUT2D eigenvalue weighted by atomic mass is 16.2. The predicted molar refractivity (Wildman–Crippen MR) is 118 cm³/mol. The Morgan fingerprint density at radius 1 is 1.17 bits per heavy atom. The summed E-state index contributed by atoms with van der Waals surface area (Å²) >= 11 is 0. The van der Waals surface area contributed by atoms with Crippen LogP contribution >= 0.6 is 0 Å². The predicted octanol–water partition coefficient (Wildman–Crippen LogP) is 2.34. The van der Waals surface area contributed by atoms with Gasteiger partial charge in [-0.15, -0.1) is 10.2 Å². The number of nitrogens with one attached hydrogen (secondary N) is 1. The molecule has 0 bridgehead atoms. The molecule has 2 aromatic rings. The number of amides is 1. The van der Waals surface area contributed by atoms with Gasteiger partial charge in [-0.25, -0.2) is 0 Å². The third-order valence-corrected chi connectivity index (χ3v) is 5.66. The molecule has 1 aromatic carbocycles. The van der Waals surface area contributed by atoms with Crippen LogP contribution in [0.4, 0.5) is 11.6 Å². The van der Waals surface area contributed by atoms with E-state index in [-0.39, 0.29) is 17.3 Å². The number of anilines is 2. The topological polar surface area (TPSA) is 83.4 Å². The van der Waals surface area contributed by atoms with Crippen LogP contribution in [0, 0.1) is 6.92 Å². The Morgan fingerprint density at radius 3 is 2.53 bits per heavy atom. The fourth-order valence-corrected chi connectivity index (χ4v) is 3.75. The van der Waals surface area contributed by atoms with E-state index < -0.39 is 5.91 Å². The number of benzene rings is 1. The minimum Gasteiger partial charge on any atom is -0.348 e. The van der Waals surface area contributed by atoms with E-state index >= 15 is 0 Å². The van der Waals surface area contributed by atoms with Crippen LogP contribution in [0.15, 0.2) is 29.1 Å². The summed E-state index contributed by atoms with van der Waals surface area (Å²) in [6.45, 7) is 12.4. The van der Waals surface area contributed by atoms with E-state index in [1.165, 1.54) is 10.1 Å². The lowest BCUT2D eigenvalue weighted by molar-refractivity contribution is 0.0928. The van der Waals surface area contributed by atoms with Gasteiger partial charge in [0.05, 0.1) is 0 Å². The summed E-state index contributed by atoms with van der Waals surface area (Å²) in [5, 5.41) is 11.1. The van der Waals surface area contributed by atoms with Gasteiger partial charge in [0.25, 0.3) is 11.5 Å². The minimum atomic E-state index is -0.452. The smallest absolute Gasteiger partial charge is 0.286 e. The lowest BCUT2D eigenvalue weighted by Gasteiger charge is -2.19. The Balaban J connectivity index is 1.66. The van der Waals surface area contributed by atoms with Gasteiger partial charge in [-0.1, -0.05) is 31.5 Å². The molecule has 1 N–H and O–H groups in total. The van der Waals surface area contributed by atoms with Crippen LogP contribution in [0.2, 0.25) is 0 Å². The Morgan fingerprint density at radius 2 is 1.87 bits per heavy atom. The summed E-state index contributed by atoms with van der Waals surface area (Å²) in [5.41, 5.74) is 1.60. The molecule has 8 heteroatoms.